The number of hydrogen-bond donors (Lipinski definition) is 2. The molecular weight excluding hydrogens is 478 g/mol. The van der Waals surface area contributed by atoms with Gasteiger partial charge in [-0.1, -0.05) is 42.0 Å². The first kappa shape index (κ1) is 24.5. The van der Waals surface area contributed by atoms with Crippen molar-refractivity contribution in [3.8, 4) is 0 Å². The van der Waals surface area contributed by atoms with Gasteiger partial charge in [-0.15, -0.1) is 0 Å². The zero-order valence-corrected chi connectivity index (χ0v) is 21.2. The van der Waals surface area contributed by atoms with Crippen molar-refractivity contribution in [2.75, 3.05) is 9.44 Å². The minimum absolute atomic E-state index is 0.0192. The van der Waals surface area contributed by atoms with E-state index in [2.05, 4.69) is 14.4 Å². The number of anilines is 2. The van der Waals surface area contributed by atoms with Gasteiger partial charge in [0, 0.05) is 11.4 Å². The van der Waals surface area contributed by atoms with Gasteiger partial charge >= 0.3 is 0 Å². The lowest BCUT2D eigenvalue weighted by atomic mass is 10.1. The highest BCUT2D eigenvalue weighted by Crippen LogP contribution is 2.24. The molecule has 0 heterocycles. The molecule has 3 aromatic rings. The molecule has 35 heavy (non-hydrogen) atoms. The van der Waals surface area contributed by atoms with Crippen LogP contribution in [-0.2, 0) is 26.8 Å². The molecule has 6 nitrogen and oxygen atoms in total. The topological polar surface area (TPSA) is 87.6 Å². The van der Waals surface area contributed by atoms with E-state index in [4.69, 9.17) is 0 Å². The molecule has 1 aliphatic rings. The first-order valence-corrected chi connectivity index (χ1v) is 13.2. The Bertz CT molecular complexity index is 1340. The van der Waals surface area contributed by atoms with E-state index in [1.807, 2.05) is 81.4 Å². The first-order chi connectivity index (χ1) is 16.8. The number of rotatable bonds is 7. The molecule has 8 heteroatoms. The summed E-state index contributed by atoms with van der Waals surface area (Å²) in [5.74, 6) is -0.565. The molecule has 0 aromatic heterocycles. The summed E-state index contributed by atoms with van der Waals surface area (Å²) < 4.78 is 32.2. The molecule has 2 N–H and O–H groups in total. The van der Waals surface area contributed by atoms with Gasteiger partial charge in [-0.05, 0) is 80.4 Å². The third-order valence-corrected chi connectivity index (χ3v) is 7.40. The molecule has 0 bridgehead atoms. The molecule has 0 aliphatic heterocycles. The number of Topliss-reactive ketones (excluding diaryl/α,β-unsaturated/α-hetero) is 1. The molecule has 0 fully saturated rings. The molecular formula is C27H25N3O3S2. The van der Waals surface area contributed by atoms with E-state index in [1.54, 1.807) is 12.1 Å². The number of carbonyl (C=O) groups is 1. The maximum absolute atomic E-state index is 13.3. The Balaban J connectivity index is 1.69. The van der Waals surface area contributed by atoms with Crippen molar-refractivity contribution < 1.29 is 13.2 Å². The molecule has 0 saturated heterocycles. The monoisotopic (exact) mass is 503 g/mol. The van der Waals surface area contributed by atoms with Crippen molar-refractivity contribution in [3.05, 3.63) is 111 Å². The second-order valence-electron chi connectivity index (χ2n) is 8.20. The lowest BCUT2D eigenvalue weighted by Crippen LogP contribution is -2.25. The standard InChI is InChI=1S/C27H25N3O3S2/c1-18-10-12-21(13-11-18)28-24-16-25(34(32)29-22-8-4-6-19(2)14-22)27(31)26(17-24)35(33)30-23-9-5-7-20(3)15-23/h4-17,29-30H,1-3H3. The van der Waals surface area contributed by atoms with Gasteiger partial charge in [0.1, 0.15) is 9.81 Å². The Hall–Kier alpha value is -3.62. The van der Waals surface area contributed by atoms with E-state index < -0.39 is 27.8 Å². The lowest BCUT2D eigenvalue weighted by molar-refractivity contribution is -0.111. The summed E-state index contributed by atoms with van der Waals surface area (Å²) in [6, 6.07) is 22.3. The van der Waals surface area contributed by atoms with Crippen molar-refractivity contribution >= 4 is 50.5 Å². The number of ketones is 1. The number of nitrogens with one attached hydrogen (secondary N) is 2. The van der Waals surface area contributed by atoms with Crippen LogP contribution in [0.15, 0.2) is 99.8 Å². The molecule has 0 saturated carbocycles. The SMILES string of the molecule is Cc1ccc(N=C2C=C(S(=O)Nc3cccc(C)c3)C(=O)C(S(=O)Nc3cccc(C)c3)=C2)cc1. The minimum Gasteiger partial charge on any atom is -0.301 e. The maximum Gasteiger partial charge on any atom is 0.214 e. The zero-order chi connectivity index (χ0) is 24.9. The van der Waals surface area contributed by atoms with Gasteiger partial charge in [-0.25, -0.2) is 13.4 Å². The Morgan fingerprint density at radius 3 is 1.60 bits per heavy atom. The van der Waals surface area contributed by atoms with E-state index in [0.29, 0.717) is 22.8 Å². The molecule has 0 radical (unpaired) electrons. The summed E-state index contributed by atoms with van der Waals surface area (Å²) >= 11 is 0. The normalized spacial score (nSPS) is 15.1. The number of nitrogens with zero attached hydrogens (tertiary/aromatic N) is 1. The number of aryl methyl sites for hydroxylation is 3. The number of carbonyl (C=O) groups excluding carboxylic acids is 1. The molecule has 2 atom stereocenters. The Morgan fingerprint density at radius 1 is 0.657 bits per heavy atom. The fourth-order valence-electron chi connectivity index (χ4n) is 3.41. The third-order valence-electron chi connectivity index (χ3n) is 5.15. The van der Waals surface area contributed by atoms with Crippen LogP contribution in [0.25, 0.3) is 0 Å². The van der Waals surface area contributed by atoms with E-state index in [9.17, 15) is 13.2 Å². The van der Waals surface area contributed by atoms with E-state index in [-0.39, 0.29) is 9.81 Å². The van der Waals surface area contributed by atoms with E-state index in [1.165, 1.54) is 12.2 Å². The summed E-state index contributed by atoms with van der Waals surface area (Å²) in [5.41, 5.74) is 5.35. The van der Waals surface area contributed by atoms with Gasteiger partial charge in [0.2, 0.25) is 5.78 Å². The molecule has 1 aliphatic carbocycles. The Kier molecular flexibility index (Phi) is 7.53. The van der Waals surface area contributed by atoms with Crippen LogP contribution >= 0.6 is 0 Å². The summed E-state index contributed by atoms with van der Waals surface area (Å²) in [4.78, 5) is 17.9. The van der Waals surface area contributed by atoms with Gasteiger partial charge in [0.15, 0.2) is 22.0 Å². The highest BCUT2D eigenvalue weighted by Gasteiger charge is 2.29. The average Bonchev–Trinajstić information content (AvgIpc) is 2.81. The second-order valence-corrected chi connectivity index (χ2v) is 10.6. The highest BCUT2D eigenvalue weighted by atomic mass is 32.2. The molecule has 0 spiro atoms. The van der Waals surface area contributed by atoms with Crippen LogP contribution in [0, 0.1) is 20.8 Å². The second kappa shape index (κ2) is 10.8. The van der Waals surface area contributed by atoms with Crippen molar-refractivity contribution in [2.24, 2.45) is 4.99 Å². The van der Waals surface area contributed by atoms with Gasteiger partial charge < -0.3 is 9.44 Å². The van der Waals surface area contributed by atoms with Crippen molar-refractivity contribution in [1.82, 2.24) is 0 Å². The van der Waals surface area contributed by atoms with E-state index in [0.717, 1.165) is 16.7 Å². The molecule has 4 rings (SSSR count). The van der Waals surface area contributed by atoms with Crippen molar-refractivity contribution in [1.29, 1.82) is 0 Å². The van der Waals surface area contributed by atoms with E-state index >= 15 is 0 Å². The van der Waals surface area contributed by atoms with Crippen LogP contribution in [0.3, 0.4) is 0 Å². The van der Waals surface area contributed by atoms with Gasteiger partial charge in [-0.2, -0.15) is 0 Å². The summed E-state index contributed by atoms with van der Waals surface area (Å²) in [6.07, 6.45) is 2.96. The zero-order valence-electron chi connectivity index (χ0n) is 19.6. The molecule has 2 unspecified atom stereocenters. The summed E-state index contributed by atoms with van der Waals surface area (Å²) in [5, 5.41) is 0. The summed E-state index contributed by atoms with van der Waals surface area (Å²) in [7, 11) is -3.78. The number of benzene rings is 3. The van der Waals surface area contributed by atoms with Crippen LogP contribution in [-0.4, -0.2) is 19.9 Å². The molecule has 0 amide bonds. The lowest BCUT2D eigenvalue weighted by Gasteiger charge is -2.16. The van der Waals surface area contributed by atoms with Crippen LogP contribution in [0.1, 0.15) is 16.7 Å². The Morgan fingerprint density at radius 2 is 1.14 bits per heavy atom. The highest BCUT2D eigenvalue weighted by molar-refractivity contribution is 7.93. The van der Waals surface area contributed by atoms with Crippen LogP contribution in [0.4, 0.5) is 17.1 Å². The third kappa shape index (κ3) is 6.29. The van der Waals surface area contributed by atoms with Crippen LogP contribution in [0.5, 0.6) is 0 Å². The smallest absolute Gasteiger partial charge is 0.214 e. The Labute approximate surface area is 210 Å². The molecule has 3 aromatic carbocycles. The quantitative estimate of drug-likeness (QED) is 0.412. The van der Waals surface area contributed by atoms with Crippen LogP contribution in [0.2, 0.25) is 0 Å². The summed E-state index contributed by atoms with van der Waals surface area (Å²) in [6.45, 7) is 5.82. The van der Waals surface area contributed by atoms with Crippen molar-refractivity contribution in [3.63, 3.8) is 0 Å². The predicted molar refractivity (Wildman–Crippen MR) is 145 cm³/mol. The largest absolute Gasteiger partial charge is 0.301 e. The number of allylic oxidation sites excluding steroid dienone is 4. The fourth-order valence-corrected chi connectivity index (χ4v) is 5.39. The van der Waals surface area contributed by atoms with Crippen molar-refractivity contribution in [2.45, 2.75) is 20.8 Å². The van der Waals surface area contributed by atoms with Gasteiger partial charge in [0.05, 0.1) is 11.4 Å². The fraction of sp³-hybridized carbons (Fsp3) is 0.111. The first-order valence-electron chi connectivity index (χ1n) is 10.9. The predicted octanol–water partition coefficient (Wildman–Crippen LogP) is 5.59. The average molecular weight is 504 g/mol. The maximum atomic E-state index is 13.3. The number of aliphatic imine (C=N–C) groups is 1. The minimum atomic E-state index is -1.89. The van der Waals surface area contributed by atoms with Crippen LogP contribution < -0.4 is 9.44 Å². The van der Waals surface area contributed by atoms with Gasteiger partial charge in [0.25, 0.3) is 0 Å². The molecule has 178 valence electrons. The van der Waals surface area contributed by atoms with Gasteiger partial charge in [-0.3, -0.25) is 4.79 Å². The number of hydrogen-bond acceptors (Lipinski definition) is 4.